The summed E-state index contributed by atoms with van der Waals surface area (Å²) >= 11 is 0. The molecule has 2 N–H and O–H groups in total. The van der Waals surface area contributed by atoms with Crippen LogP contribution in [0.5, 0.6) is 5.88 Å². The average molecular weight is 587 g/mol. The van der Waals surface area contributed by atoms with Crippen molar-refractivity contribution in [2.24, 2.45) is 7.05 Å². The van der Waals surface area contributed by atoms with Gasteiger partial charge >= 0.3 is 6.18 Å². The molecule has 14 heteroatoms. The summed E-state index contributed by atoms with van der Waals surface area (Å²) in [6.07, 6.45) is -0.926. The number of nitrogens with zero attached hydrogens (tertiary/aromatic N) is 6. The van der Waals surface area contributed by atoms with E-state index in [1.165, 1.54) is 6.07 Å². The third kappa shape index (κ3) is 7.13. The molecule has 0 radical (unpaired) electrons. The molecule has 0 atom stereocenters. The number of benzene rings is 1. The number of carbonyl (C=O) groups is 1. The average Bonchev–Trinajstić information content (AvgIpc) is 3.27. The number of rotatable bonds is 11. The van der Waals surface area contributed by atoms with E-state index in [4.69, 9.17) is 4.74 Å². The second kappa shape index (κ2) is 12.4. The van der Waals surface area contributed by atoms with Crippen molar-refractivity contribution in [1.82, 2.24) is 24.4 Å². The Morgan fingerprint density at radius 1 is 1.14 bits per heavy atom. The minimum atomic E-state index is -4.65. The second-order valence-corrected chi connectivity index (χ2v) is 9.72. The molecule has 4 aromatic rings. The third-order valence-corrected chi connectivity index (χ3v) is 6.17. The molecular formula is C28H30F4N8O2. The maximum Gasteiger partial charge on any atom is 0.422 e. The summed E-state index contributed by atoms with van der Waals surface area (Å²) < 4.78 is 61.4. The fourth-order valence-corrected chi connectivity index (χ4v) is 4.13. The van der Waals surface area contributed by atoms with E-state index < -0.39 is 30.4 Å². The first kappa shape index (κ1) is 30.2. The van der Waals surface area contributed by atoms with E-state index in [1.807, 2.05) is 54.9 Å². The largest absolute Gasteiger partial charge is 0.466 e. The lowest BCUT2D eigenvalue weighted by molar-refractivity contribution is -0.153. The number of pyridine rings is 1. The molecule has 0 aliphatic heterocycles. The van der Waals surface area contributed by atoms with Crippen molar-refractivity contribution in [3.63, 3.8) is 0 Å². The minimum absolute atomic E-state index is 0.0183. The molecule has 1 amide bonds. The van der Waals surface area contributed by atoms with Crippen LogP contribution in [0.4, 0.5) is 40.7 Å². The van der Waals surface area contributed by atoms with Gasteiger partial charge in [-0.3, -0.25) is 4.79 Å². The number of para-hydroxylation sites is 1. The summed E-state index contributed by atoms with van der Waals surface area (Å²) in [6, 6.07) is 8.73. The SMILES string of the molecule is C=CC(=O)Nc1cc(Nc2ncc(F)c(-c3cn(C)c4ccccc34)n2)c(OCC(F)(F)F)nc1N(C)CCN(C)C. The fraction of sp³-hybridized carbons (Fsp3) is 0.286. The lowest BCUT2D eigenvalue weighted by atomic mass is 10.1. The molecular weight excluding hydrogens is 556 g/mol. The van der Waals surface area contributed by atoms with Crippen molar-refractivity contribution in [1.29, 1.82) is 0 Å². The molecule has 0 saturated heterocycles. The minimum Gasteiger partial charge on any atom is -0.466 e. The monoisotopic (exact) mass is 586 g/mol. The Balaban J connectivity index is 1.79. The number of anilines is 4. The molecule has 10 nitrogen and oxygen atoms in total. The number of halogens is 4. The molecule has 222 valence electrons. The van der Waals surface area contributed by atoms with Crippen molar-refractivity contribution in [3.8, 4) is 17.1 Å². The topological polar surface area (TPSA) is 100 Å². The fourth-order valence-electron chi connectivity index (χ4n) is 4.13. The highest BCUT2D eigenvalue weighted by Gasteiger charge is 2.30. The van der Waals surface area contributed by atoms with Gasteiger partial charge in [-0.15, -0.1) is 0 Å². The number of hydrogen-bond acceptors (Lipinski definition) is 8. The smallest absolute Gasteiger partial charge is 0.422 e. The molecule has 0 spiro atoms. The van der Waals surface area contributed by atoms with Crippen LogP contribution in [0.3, 0.4) is 0 Å². The first-order valence-electron chi connectivity index (χ1n) is 12.7. The highest BCUT2D eigenvalue weighted by atomic mass is 19.4. The van der Waals surface area contributed by atoms with Gasteiger partial charge in [0.15, 0.2) is 18.2 Å². The summed E-state index contributed by atoms with van der Waals surface area (Å²) in [5.74, 6) is -1.65. The molecule has 1 aromatic carbocycles. The van der Waals surface area contributed by atoms with Crippen molar-refractivity contribution in [3.05, 3.63) is 61.2 Å². The number of nitrogens with one attached hydrogen (secondary N) is 2. The van der Waals surface area contributed by atoms with Crippen LogP contribution in [0.1, 0.15) is 0 Å². The van der Waals surface area contributed by atoms with Crippen LogP contribution in [0, 0.1) is 5.82 Å². The zero-order chi connectivity index (χ0) is 30.6. The molecule has 0 aliphatic rings. The molecule has 42 heavy (non-hydrogen) atoms. The Kier molecular flexibility index (Phi) is 8.95. The maximum atomic E-state index is 15.0. The molecule has 0 bridgehead atoms. The van der Waals surface area contributed by atoms with E-state index in [2.05, 4.69) is 32.2 Å². The van der Waals surface area contributed by atoms with Crippen molar-refractivity contribution in [2.45, 2.75) is 6.18 Å². The Labute approximate surface area is 239 Å². The number of carbonyl (C=O) groups excluding carboxylic acids is 1. The van der Waals surface area contributed by atoms with Gasteiger partial charge < -0.3 is 29.7 Å². The Morgan fingerprint density at radius 2 is 1.88 bits per heavy atom. The van der Waals surface area contributed by atoms with Crippen molar-refractivity contribution in [2.75, 3.05) is 56.4 Å². The molecule has 4 rings (SSSR count). The summed E-state index contributed by atoms with van der Waals surface area (Å²) in [7, 11) is 7.22. The molecule has 0 saturated carbocycles. The number of ether oxygens (including phenoxy) is 1. The predicted molar refractivity (Wildman–Crippen MR) is 154 cm³/mol. The molecule has 0 fully saturated rings. The van der Waals surface area contributed by atoms with E-state index in [1.54, 1.807) is 18.1 Å². The maximum absolute atomic E-state index is 15.0. The Hall–Kier alpha value is -4.72. The van der Waals surface area contributed by atoms with Gasteiger partial charge in [-0.2, -0.15) is 18.2 Å². The van der Waals surface area contributed by atoms with Gasteiger partial charge in [-0.05, 0) is 32.3 Å². The molecule has 0 unspecified atom stereocenters. The highest BCUT2D eigenvalue weighted by Crippen LogP contribution is 2.36. The first-order chi connectivity index (χ1) is 19.9. The summed E-state index contributed by atoms with van der Waals surface area (Å²) in [4.78, 5) is 28.4. The normalized spacial score (nSPS) is 11.5. The lowest BCUT2D eigenvalue weighted by Crippen LogP contribution is -2.30. The number of fused-ring (bicyclic) bond motifs is 1. The van der Waals surface area contributed by atoms with Gasteiger partial charge in [0.1, 0.15) is 11.4 Å². The van der Waals surface area contributed by atoms with Crippen LogP contribution in [-0.2, 0) is 11.8 Å². The predicted octanol–water partition coefficient (Wildman–Crippen LogP) is 4.98. The molecule has 0 aliphatic carbocycles. The van der Waals surface area contributed by atoms with E-state index >= 15 is 0 Å². The van der Waals surface area contributed by atoms with Crippen LogP contribution >= 0.6 is 0 Å². The Morgan fingerprint density at radius 3 is 2.57 bits per heavy atom. The quantitative estimate of drug-likeness (QED) is 0.188. The third-order valence-electron chi connectivity index (χ3n) is 6.17. The van der Waals surface area contributed by atoms with E-state index in [0.29, 0.717) is 18.7 Å². The number of likely N-dealkylation sites (N-methyl/N-ethyl adjacent to an activating group) is 2. The zero-order valence-electron chi connectivity index (χ0n) is 23.5. The van der Waals surface area contributed by atoms with Gasteiger partial charge in [-0.25, -0.2) is 14.4 Å². The number of alkyl halides is 3. The van der Waals surface area contributed by atoms with Gasteiger partial charge in [-0.1, -0.05) is 24.8 Å². The van der Waals surface area contributed by atoms with Crippen molar-refractivity contribution >= 4 is 40.0 Å². The molecule has 3 heterocycles. The van der Waals surface area contributed by atoms with Crippen LogP contribution in [0.25, 0.3) is 22.2 Å². The zero-order valence-corrected chi connectivity index (χ0v) is 23.5. The van der Waals surface area contributed by atoms with Gasteiger partial charge in [0.25, 0.3) is 0 Å². The number of hydrogen-bond donors (Lipinski definition) is 2. The van der Waals surface area contributed by atoms with E-state index in [-0.39, 0.29) is 28.8 Å². The lowest BCUT2D eigenvalue weighted by Gasteiger charge is -2.25. The van der Waals surface area contributed by atoms with Crippen LogP contribution in [-0.4, -0.2) is 77.3 Å². The second-order valence-electron chi connectivity index (χ2n) is 9.72. The number of amides is 1. The standard InChI is InChI=1S/C28H30F4N8O2/c1-6-23(41)34-20-13-21(26(42-16-28(30,31)32)37-25(20)39(4)12-11-38(2)3)35-27-33-14-19(29)24(36-27)18-15-40(5)22-10-8-7-9-17(18)22/h6-10,13-15H,1,11-12,16H2,2-5H3,(H,34,41)(H,33,35,36). The van der Waals surface area contributed by atoms with Gasteiger partial charge in [0.2, 0.25) is 17.7 Å². The van der Waals surface area contributed by atoms with E-state index in [0.717, 1.165) is 23.2 Å². The van der Waals surface area contributed by atoms with Crippen molar-refractivity contribution < 1.29 is 27.1 Å². The summed E-state index contributed by atoms with van der Waals surface area (Å²) in [5, 5.41) is 6.17. The van der Waals surface area contributed by atoms with Gasteiger partial charge in [0.05, 0.1) is 11.9 Å². The van der Waals surface area contributed by atoms with E-state index in [9.17, 15) is 22.4 Å². The van der Waals surface area contributed by atoms with Crippen LogP contribution in [0.15, 0.2) is 55.4 Å². The Bertz CT molecular complexity index is 1600. The summed E-state index contributed by atoms with van der Waals surface area (Å²) in [6.45, 7) is 2.84. The summed E-state index contributed by atoms with van der Waals surface area (Å²) in [5.41, 5.74) is 1.41. The van der Waals surface area contributed by atoms with Crippen LogP contribution in [0.2, 0.25) is 0 Å². The highest BCUT2D eigenvalue weighted by molar-refractivity contribution is 6.01. The number of aryl methyl sites for hydroxylation is 1. The first-order valence-corrected chi connectivity index (χ1v) is 12.7. The molecule has 3 aromatic heterocycles. The number of aromatic nitrogens is 4. The van der Waals surface area contributed by atoms with Gasteiger partial charge in [0, 0.05) is 49.8 Å². The van der Waals surface area contributed by atoms with Crippen LogP contribution < -0.4 is 20.3 Å².